The van der Waals surface area contributed by atoms with Crippen molar-refractivity contribution in [3.05, 3.63) is 28.8 Å². The monoisotopic (exact) mass is 231 g/mol. The lowest BCUT2D eigenvalue weighted by Gasteiger charge is -2.14. The van der Waals surface area contributed by atoms with Crippen LogP contribution in [-0.4, -0.2) is 18.9 Å². The SMILES string of the molecule is C#CCC(N)C(=O)c1ccc(C)c(C)c1OC. The van der Waals surface area contributed by atoms with Crippen molar-refractivity contribution in [1.82, 2.24) is 0 Å². The van der Waals surface area contributed by atoms with Gasteiger partial charge < -0.3 is 10.5 Å². The largest absolute Gasteiger partial charge is 0.496 e. The molecule has 0 heterocycles. The quantitative estimate of drug-likeness (QED) is 0.635. The molecule has 1 rings (SSSR count). The van der Waals surface area contributed by atoms with Gasteiger partial charge in [0, 0.05) is 6.42 Å². The molecule has 0 saturated carbocycles. The minimum Gasteiger partial charge on any atom is -0.496 e. The number of nitrogens with two attached hydrogens (primary N) is 1. The fourth-order valence-electron chi connectivity index (χ4n) is 1.67. The molecule has 0 amide bonds. The molecule has 1 unspecified atom stereocenters. The van der Waals surface area contributed by atoms with Crippen LogP contribution in [0.25, 0.3) is 0 Å². The number of hydrogen-bond donors (Lipinski definition) is 1. The minimum absolute atomic E-state index is 0.178. The maximum absolute atomic E-state index is 12.1. The Bertz CT molecular complexity index is 472. The Morgan fingerprint density at radius 3 is 2.71 bits per heavy atom. The van der Waals surface area contributed by atoms with E-state index in [0.29, 0.717) is 11.3 Å². The third-order valence-electron chi connectivity index (χ3n) is 2.82. The second-order valence-electron chi connectivity index (χ2n) is 3.97. The summed E-state index contributed by atoms with van der Waals surface area (Å²) in [5.74, 6) is 2.80. The van der Waals surface area contributed by atoms with Gasteiger partial charge in [-0.25, -0.2) is 0 Å². The van der Waals surface area contributed by atoms with Crippen LogP contribution in [0.15, 0.2) is 12.1 Å². The van der Waals surface area contributed by atoms with Crippen LogP contribution in [0.3, 0.4) is 0 Å². The molecular formula is C14H17NO2. The van der Waals surface area contributed by atoms with E-state index in [4.69, 9.17) is 16.9 Å². The van der Waals surface area contributed by atoms with Gasteiger partial charge in [-0.2, -0.15) is 0 Å². The molecule has 0 aliphatic heterocycles. The van der Waals surface area contributed by atoms with E-state index in [-0.39, 0.29) is 12.2 Å². The first-order valence-electron chi connectivity index (χ1n) is 5.40. The Balaban J connectivity index is 3.19. The fraction of sp³-hybridized carbons (Fsp3) is 0.357. The molecule has 0 spiro atoms. The van der Waals surface area contributed by atoms with Gasteiger partial charge >= 0.3 is 0 Å². The molecule has 0 radical (unpaired) electrons. The molecule has 3 heteroatoms. The van der Waals surface area contributed by atoms with Gasteiger partial charge in [-0.1, -0.05) is 6.07 Å². The number of hydrogen-bond acceptors (Lipinski definition) is 3. The lowest BCUT2D eigenvalue weighted by molar-refractivity contribution is 0.0959. The molecule has 0 bridgehead atoms. The van der Waals surface area contributed by atoms with E-state index in [1.165, 1.54) is 0 Å². The van der Waals surface area contributed by atoms with Crippen LogP contribution < -0.4 is 10.5 Å². The average Bonchev–Trinajstić information content (AvgIpc) is 2.31. The Hall–Kier alpha value is -1.79. The third kappa shape index (κ3) is 2.66. The van der Waals surface area contributed by atoms with E-state index >= 15 is 0 Å². The molecule has 17 heavy (non-hydrogen) atoms. The van der Waals surface area contributed by atoms with Crippen LogP contribution >= 0.6 is 0 Å². The summed E-state index contributed by atoms with van der Waals surface area (Å²) in [6.45, 7) is 3.88. The predicted molar refractivity (Wildman–Crippen MR) is 68.2 cm³/mol. The van der Waals surface area contributed by atoms with Gasteiger partial charge in [-0.3, -0.25) is 4.79 Å². The number of methoxy groups -OCH3 is 1. The summed E-state index contributed by atoms with van der Waals surface area (Å²) in [7, 11) is 1.55. The van der Waals surface area contributed by atoms with Crippen molar-refractivity contribution in [3.63, 3.8) is 0 Å². The lowest BCUT2D eigenvalue weighted by atomic mass is 9.97. The summed E-state index contributed by atoms with van der Waals surface area (Å²) in [5, 5.41) is 0. The Kier molecular flexibility index (Phi) is 4.30. The molecule has 0 aliphatic carbocycles. The summed E-state index contributed by atoms with van der Waals surface area (Å²) in [6, 6.07) is 2.95. The molecule has 1 aromatic rings. The number of rotatable bonds is 4. The fourth-order valence-corrected chi connectivity index (χ4v) is 1.67. The molecule has 0 aromatic heterocycles. The molecule has 1 aromatic carbocycles. The van der Waals surface area contributed by atoms with Crippen molar-refractivity contribution in [2.24, 2.45) is 5.73 Å². The normalized spacial score (nSPS) is 11.7. The van der Waals surface area contributed by atoms with Gasteiger partial charge in [-0.15, -0.1) is 12.3 Å². The zero-order chi connectivity index (χ0) is 13.0. The van der Waals surface area contributed by atoms with Crippen LogP contribution in [-0.2, 0) is 0 Å². The molecule has 0 fully saturated rings. The standard InChI is InChI=1S/C14H17NO2/c1-5-6-12(15)13(16)11-8-7-9(2)10(3)14(11)17-4/h1,7-8,12H,6,15H2,2-4H3. The molecule has 0 aliphatic rings. The summed E-state index contributed by atoms with van der Waals surface area (Å²) in [5.41, 5.74) is 8.25. The number of carbonyl (C=O) groups excluding carboxylic acids is 1. The first-order valence-corrected chi connectivity index (χ1v) is 5.40. The van der Waals surface area contributed by atoms with E-state index in [1.807, 2.05) is 19.9 Å². The molecule has 2 N–H and O–H groups in total. The first-order chi connectivity index (χ1) is 8.02. The number of Topliss-reactive ketones (excluding diaryl/α,β-unsaturated/α-hetero) is 1. The molecular weight excluding hydrogens is 214 g/mol. The van der Waals surface area contributed by atoms with Crippen LogP contribution in [0.4, 0.5) is 0 Å². The predicted octanol–water partition coefficient (Wildman–Crippen LogP) is 1.85. The number of carbonyl (C=O) groups is 1. The molecule has 0 saturated heterocycles. The summed E-state index contributed by atoms with van der Waals surface area (Å²) in [6.07, 6.45) is 5.39. The van der Waals surface area contributed by atoms with Crippen molar-refractivity contribution in [1.29, 1.82) is 0 Å². The van der Waals surface area contributed by atoms with E-state index in [0.717, 1.165) is 11.1 Å². The van der Waals surface area contributed by atoms with Crippen LogP contribution in [0.5, 0.6) is 5.75 Å². The molecule has 1 atom stereocenters. The third-order valence-corrected chi connectivity index (χ3v) is 2.82. The van der Waals surface area contributed by atoms with Gasteiger partial charge in [-0.05, 0) is 31.0 Å². The Labute approximate surface area is 102 Å². The smallest absolute Gasteiger partial charge is 0.184 e. The zero-order valence-electron chi connectivity index (χ0n) is 10.4. The summed E-state index contributed by atoms with van der Waals surface area (Å²) < 4.78 is 5.28. The lowest BCUT2D eigenvalue weighted by Crippen LogP contribution is -2.30. The van der Waals surface area contributed by atoms with Gasteiger partial charge in [0.1, 0.15) is 5.75 Å². The van der Waals surface area contributed by atoms with Crippen molar-refractivity contribution >= 4 is 5.78 Å². The zero-order valence-corrected chi connectivity index (χ0v) is 10.4. The highest BCUT2D eigenvalue weighted by atomic mass is 16.5. The molecule has 90 valence electrons. The van der Waals surface area contributed by atoms with Crippen LogP contribution in [0.1, 0.15) is 27.9 Å². The van der Waals surface area contributed by atoms with Crippen molar-refractivity contribution < 1.29 is 9.53 Å². The van der Waals surface area contributed by atoms with E-state index < -0.39 is 6.04 Å². The number of benzene rings is 1. The highest BCUT2D eigenvalue weighted by Gasteiger charge is 2.20. The second kappa shape index (κ2) is 5.51. The number of ketones is 1. The number of ether oxygens (including phenoxy) is 1. The van der Waals surface area contributed by atoms with E-state index in [2.05, 4.69) is 5.92 Å². The number of terminal acetylenes is 1. The molecule has 3 nitrogen and oxygen atoms in total. The van der Waals surface area contributed by atoms with Gasteiger partial charge in [0.2, 0.25) is 0 Å². The first kappa shape index (κ1) is 13.3. The number of aryl methyl sites for hydroxylation is 1. The van der Waals surface area contributed by atoms with Crippen LogP contribution in [0, 0.1) is 26.2 Å². The maximum Gasteiger partial charge on any atom is 0.184 e. The highest BCUT2D eigenvalue weighted by molar-refractivity contribution is 6.02. The van der Waals surface area contributed by atoms with Crippen molar-refractivity contribution in [3.8, 4) is 18.1 Å². The summed E-state index contributed by atoms with van der Waals surface area (Å²) in [4.78, 5) is 12.1. The maximum atomic E-state index is 12.1. The van der Waals surface area contributed by atoms with E-state index in [9.17, 15) is 4.79 Å². The minimum atomic E-state index is -0.670. The van der Waals surface area contributed by atoms with Gasteiger partial charge in [0.15, 0.2) is 5.78 Å². The Morgan fingerprint density at radius 2 is 2.18 bits per heavy atom. The van der Waals surface area contributed by atoms with Gasteiger partial charge in [0.25, 0.3) is 0 Å². The Morgan fingerprint density at radius 1 is 1.53 bits per heavy atom. The highest BCUT2D eigenvalue weighted by Crippen LogP contribution is 2.27. The summed E-state index contributed by atoms with van der Waals surface area (Å²) >= 11 is 0. The van der Waals surface area contributed by atoms with Crippen LogP contribution in [0.2, 0.25) is 0 Å². The van der Waals surface area contributed by atoms with Gasteiger partial charge in [0.05, 0.1) is 18.7 Å². The topological polar surface area (TPSA) is 52.3 Å². The second-order valence-corrected chi connectivity index (χ2v) is 3.97. The van der Waals surface area contributed by atoms with Crippen molar-refractivity contribution in [2.75, 3.05) is 7.11 Å². The average molecular weight is 231 g/mol. The van der Waals surface area contributed by atoms with Crippen molar-refractivity contribution in [2.45, 2.75) is 26.3 Å². The van der Waals surface area contributed by atoms with E-state index in [1.54, 1.807) is 13.2 Å².